The van der Waals surface area contributed by atoms with Gasteiger partial charge in [-0.3, -0.25) is 4.79 Å². The molecule has 1 aromatic carbocycles. The van der Waals surface area contributed by atoms with E-state index < -0.39 is 11.7 Å². The molecule has 1 amide bonds. The molecular formula is C17H19F3N4O. The molecule has 134 valence electrons. The Morgan fingerprint density at radius 2 is 1.80 bits per heavy atom. The predicted molar refractivity (Wildman–Crippen MR) is 88.5 cm³/mol. The first kappa shape index (κ1) is 18.7. The van der Waals surface area contributed by atoms with Crippen molar-refractivity contribution in [3.05, 3.63) is 47.8 Å². The number of anilines is 2. The van der Waals surface area contributed by atoms with Crippen molar-refractivity contribution in [2.45, 2.75) is 26.4 Å². The minimum absolute atomic E-state index is 0.0181. The van der Waals surface area contributed by atoms with E-state index in [0.717, 1.165) is 12.5 Å². The number of alkyl halides is 3. The van der Waals surface area contributed by atoms with Gasteiger partial charge in [-0.05, 0) is 24.5 Å². The van der Waals surface area contributed by atoms with Crippen LogP contribution in [0.25, 0.3) is 0 Å². The number of hydrogen-bond donors (Lipinski definition) is 2. The molecule has 0 aliphatic rings. The van der Waals surface area contributed by atoms with E-state index in [2.05, 4.69) is 34.4 Å². The van der Waals surface area contributed by atoms with Gasteiger partial charge in [-0.1, -0.05) is 26.0 Å². The zero-order valence-electron chi connectivity index (χ0n) is 13.9. The molecule has 8 heteroatoms. The summed E-state index contributed by atoms with van der Waals surface area (Å²) in [7, 11) is 0. The Labute approximate surface area is 143 Å². The Morgan fingerprint density at radius 3 is 2.40 bits per heavy atom. The van der Waals surface area contributed by atoms with Crippen LogP contribution in [0, 0.1) is 5.92 Å². The van der Waals surface area contributed by atoms with Crippen LogP contribution < -0.4 is 10.6 Å². The fraction of sp³-hybridized carbons (Fsp3) is 0.353. The van der Waals surface area contributed by atoms with E-state index >= 15 is 0 Å². The molecule has 0 saturated heterocycles. The van der Waals surface area contributed by atoms with Crippen molar-refractivity contribution in [2.75, 3.05) is 11.9 Å². The minimum atomic E-state index is -4.49. The Bertz CT molecular complexity index is 715. The van der Waals surface area contributed by atoms with Crippen molar-refractivity contribution in [3.63, 3.8) is 0 Å². The lowest BCUT2D eigenvalue weighted by atomic mass is 10.1. The minimum Gasteiger partial charge on any atom is -0.352 e. The van der Waals surface area contributed by atoms with Gasteiger partial charge in [0.25, 0.3) is 5.91 Å². The SMILES string of the molecule is CC(C)CCNC(=O)c1cnc(Nc2ccccc2C(F)(F)F)nc1. The maximum atomic E-state index is 13.0. The summed E-state index contributed by atoms with van der Waals surface area (Å²) in [5, 5.41) is 5.27. The van der Waals surface area contributed by atoms with Crippen LogP contribution in [0.5, 0.6) is 0 Å². The third kappa shape index (κ3) is 5.44. The molecule has 0 radical (unpaired) electrons. The highest BCUT2D eigenvalue weighted by molar-refractivity contribution is 5.93. The largest absolute Gasteiger partial charge is 0.418 e. The number of benzene rings is 1. The van der Waals surface area contributed by atoms with Gasteiger partial charge in [-0.2, -0.15) is 13.2 Å². The zero-order chi connectivity index (χ0) is 18.4. The molecule has 0 bridgehead atoms. The first-order valence-corrected chi connectivity index (χ1v) is 7.81. The van der Waals surface area contributed by atoms with E-state index in [-0.39, 0.29) is 23.1 Å². The van der Waals surface area contributed by atoms with E-state index in [9.17, 15) is 18.0 Å². The van der Waals surface area contributed by atoms with Crippen LogP contribution in [0.3, 0.4) is 0 Å². The lowest BCUT2D eigenvalue weighted by Crippen LogP contribution is -2.25. The van der Waals surface area contributed by atoms with E-state index in [1.807, 2.05) is 0 Å². The third-order valence-corrected chi connectivity index (χ3v) is 3.40. The molecule has 0 aliphatic heterocycles. The fourth-order valence-corrected chi connectivity index (χ4v) is 2.05. The number of amides is 1. The lowest BCUT2D eigenvalue weighted by molar-refractivity contribution is -0.136. The Hall–Kier alpha value is -2.64. The highest BCUT2D eigenvalue weighted by Gasteiger charge is 2.33. The smallest absolute Gasteiger partial charge is 0.352 e. The van der Waals surface area contributed by atoms with Crippen LogP contribution >= 0.6 is 0 Å². The number of rotatable bonds is 6. The van der Waals surface area contributed by atoms with Gasteiger partial charge in [0.2, 0.25) is 5.95 Å². The lowest BCUT2D eigenvalue weighted by Gasteiger charge is -2.13. The van der Waals surface area contributed by atoms with Crippen LogP contribution in [0.2, 0.25) is 0 Å². The van der Waals surface area contributed by atoms with Gasteiger partial charge < -0.3 is 10.6 Å². The van der Waals surface area contributed by atoms with Crippen molar-refractivity contribution in [3.8, 4) is 0 Å². The first-order valence-electron chi connectivity index (χ1n) is 7.81. The van der Waals surface area contributed by atoms with E-state index in [4.69, 9.17) is 0 Å². The molecule has 2 N–H and O–H groups in total. The monoisotopic (exact) mass is 352 g/mol. The summed E-state index contributed by atoms with van der Waals surface area (Å²) in [6.07, 6.45) is -1.09. The van der Waals surface area contributed by atoms with Crippen LogP contribution in [0.4, 0.5) is 24.8 Å². The highest BCUT2D eigenvalue weighted by atomic mass is 19.4. The summed E-state index contributed by atoms with van der Waals surface area (Å²) < 4.78 is 38.9. The van der Waals surface area contributed by atoms with Gasteiger partial charge in [0, 0.05) is 18.9 Å². The topological polar surface area (TPSA) is 66.9 Å². The first-order chi connectivity index (χ1) is 11.8. The predicted octanol–water partition coefficient (Wildman–Crippen LogP) is 4.01. The van der Waals surface area contributed by atoms with Gasteiger partial charge >= 0.3 is 6.18 Å². The number of carbonyl (C=O) groups is 1. The summed E-state index contributed by atoms with van der Waals surface area (Å²) >= 11 is 0. The Balaban J connectivity index is 2.05. The average Bonchev–Trinajstić information content (AvgIpc) is 2.54. The Morgan fingerprint density at radius 1 is 1.16 bits per heavy atom. The van der Waals surface area contributed by atoms with Gasteiger partial charge in [0.05, 0.1) is 16.8 Å². The molecule has 1 heterocycles. The molecule has 2 rings (SSSR count). The molecule has 0 fully saturated rings. The van der Waals surface area contributed by atoms with E-state index in [0.29, 0.717) is 12.5 Å². The molecule has 0 aliphatic carbocycles. The summed E-state index contributed by atoms with van der Waals surface area (Å²) in [5.41, 5.74) is -0.711. The molecule has 25 heavy (non-hydrogen) atoms. The quantitative estimate of drug-likeness (QED) is 0.824. The van der Waals surface area contributed by atoms with Crippen molar-refractivity contribution in [2.24, 2.45) is 5.92 Å². The zero-order valence-corrected chi connectivity index (χ0v) is 13.9. The van der Waals surface area contributed by atoms with Crippen LogP contribution in [0.1, 0.15) is 36.2 Å². The maximum absolute atomic E-state index is 13.0. The number of hydrogen-bond acceptors (Lipinski definition) is 4. The summed E-state index contributed by atoms with van der Waals surface area (Å²) in [5.74, 6) is 0.134. The van der Waals surface area contributed by atoms with Crippen molar-refractivity contribution >= 4 is 17.5 Å². The van der Waals surface area contributed by atoms with Crippen molar-refractivity contribution in [1.29, 1.82) is 0 Å². The molecule has 0 atom stereocenters. The number of nitrogens with zero attached hydrogens (tertiary/aromatic N) is 2. The second-order valence-corrected chi connectivity index (χ2v) is 5.90. The molecular weight excluding hydrogens is 333 g/mol. The van der Waals surface area contributed by atoms with Gasteiger partial charge in [-0.25, -0.2) is 9.97 Å². The summed E-state index contributed by atoms with van der Waals surface area (Å²) in [6.45, 7) is 4.64. The Kier molecular flexibility index (Phi) is 5.95. The van der Waals surface area contributed by atoms with Crippen molar-refractivity contribution in [1.82, 2.24) is 15.3 Å². The van der Waals surface area contributed by atoms with Crippen molar-refractivity contribution < 1.29 is 18.0 Å². The number of halogens is 3. The number of aromatic nitrogens is 2. The summed E-state index contributed by atoms with van der Waals surface area (Å²) in [6, 6.07) is 5.05. The second kappa shape index (κ2) is 7.96. The normalized spacial score (nSPS) is 11.4. The number of carbonyl (C=O) groups excluding carboxylic acids is 1. The third-order valence-electron chi connectivity index (χ3n) is 3.40. The van der Waals surface area contributed by atoms with Crippen LogP contribution in [-0.4, -0.2) is 22.4 Å². The molecule has 0 unspecified atom stereocenters. The fourth-order valence-electron chi connectivity index (χ4n) is 2.05. The second-order valence-electron chi connectivity index (χ2n) is 5.90. The van der Waals surface area contributed by atoms with E-state index in [1.165, 1.54) is 30.6 Å². The molecule has 5 nitrogen and oxygen atoms in total. The molecule has 0 spiro atoms. The standard InChI is InChI=1S/C17H19F3N4O/c1-11(2)7-8-21-15(25)12-9-22-16(23-10-12)24-14-6-4-3-5-13(14)17(18,19)20/h3-6,9-11H,7-8H2,1-2H3,(H,21,25)(H,22,23,24). The van der Waals surface area contributed by atoms with Gasteiger partial charge in [0.1, 0.15) is 0 Å². The average molecular weight is 352 g/mol. The van der Waals surface area contributed by atoms with Gasteiger partial charge in [0.15, 0.2) is 0 Å². The van der Waals surface area contributed by atoms with Gasteiger partial charge in [-0.15, -0.1) is 0 Å². The van der Waals surface area contributed by atoms with Crippen LogP contribution in [0.15, 0.2) is 36.7 Å². The molecule has 2 aromatic rings. The highest BCUT2D eigenvalue weighted by Crippen LogP contribution is 2.35. The number of nitrogens with one attached hydrogen (secondary N) is 2. The van der Waals surface area contributed by atoms with E-state index in [1.54, 1.807) is 0 Å². The molecule has 1 aromatic heterocycles. The number of para-hydroxylation sites is 1. The maximum Gasteiger partial charge on any atom is 0.418 e. The summed E-state index contributed by atoms with van der Waals surface area (Å²) in [4.78, 5) is 19.7. The molecule has 0 saturated carbocycles. The van der Waals surface area contributed by atoms with Crippen LogP contribution in [-0.2, 0) is 6.18 Å².